The highest BCUT2D eigenvalue weighted by atomic mass is 16.6. The summed E-state index contributed by atoms with van der Waals surface area (Å²) in [5, 5.41) is 8.85. The summed E-state index contributed by atoms with van der Waals surface area (Å²) < 4.78 is 5.84. The van der Waals surface area contributed by atoms with Crippen molar-refractivity contribution in [1.82, 2.24) is 0 Å². The second-order valence-electron chi connectivity index (χ2n) is 3.45. The second kappa shape index (κ2) is 3.32. The van der Waals surface area contributed by atoms with Crippen molar-refractivity contribution in [1.29, 1.82) is 0 Å². The van der Waals surface area contributed by atoms with Crippen molar-refractivity contribution in [3.8, 4) is 0 Å². The highest BCUT2D eigenvalue weighted by Crippen LogP contribution is 2.04. The molecule has 0 saturated heterocycles. The molecule has 62 valence electrons. The molecular weight excluding hydrogens is 130 g/mol. The lowest BCUT2D eigenvalue weighted by molar-refractivity contribution is -0.919. The molecular formula is C7H18NO2+. The van der Waals surface area contributed by atoms with Crippen LogP contribution < -0.4 is 0 Å². The third-order valence-corrected chi connectivity index (χ3v) is 1.48. The smallest absolute Gasteiger partial charge is 0.192 e. The van der Waals surface area contributed by atoms with Crippen LogP contribution in [0.4, 0.5) is 0 Å². The van der Waals surface area contributed by atoms with Gasteiger partial charge in [0.05, 0.1) is 21.1 Å². The number of hydrogen-bond acceptors (Lipinski definition) is 2. The Kier molecular flexibility index (Phi) is 3.28. The fourth-order valence-corrected chi connectivity index (χ4v) is 0.468. The Hall–Kier alpha value is -0.120. The van der Waals surface area contributed by atoms with Crippen molar-refractivity contribution in [2.24, 2.45) is 0 Å². The maximum atomic E-state index is 8.85. The van der Waals surface area contributed by atoms with Crippen LogP contribution in [0, 0.1) is 0 Å². The average Bonchev–Trinajstić information content (AvgIpc) is 1.60. The van der Waals surface area contributed by atoms with Crippen molar-refractivity contribution in [2.45, 2.75) is 26.4 Å². The van der Waals surface area contributed by atoms with Gasteiger partial charge >= 0.3 is 0 Å². The predicted molar refractivity (Wildman–Crippen MR) is 40.3 cm³/mol. The molecule has 0 heterocycles. The number of nitrogens with zero attached hydrogens (tertiary/aromatic N) is 1. The van der Waals surface area contributed by atoms with Gasteiger partial charge in [0.25, 0.3) is 0 Å². The zero-order valence-corrected chi connectivity index (χ0v) is 7.46. The molecule has 0 aliphatic rings. The fourth-order valence-electron chi connectivity index (χ4n) is 0.468. The zero-order chi connectivity index (χ0) is 8.36. The molecule has 2 atom stereocenters. The number of ether oxygens (including phenoxy) is 1. The Morgan fingerprint density at radius 1 is 1.20 bits per heavy atom. The van der Waals surface area contributed by atoms with E-state index in [2.05, 4.69) is 0 Å². The Balaban J connectivity index is 3.73. The van der Waals surface area contributed by atoms with Gasteiger partial charge in [-0.15, -0.1) is 0 Å². The first-order chi connectivity index (χ1) is 4.34. The van der Waals surface area contributed by atoms with E-state index in [4.69, 9.17) is 9.84 Å². The van der Waals surface area contributed by atoms with E-state index >= 15 is 0 Å². The molecule has 0 amide bonds. The van der Waals surface area contributed by atoms with E-state index in [1.165, 1.54) is 0 Å². The third kappa shape index (κ3) is 3.82. The molecule has 1 N–H and O–H groups in total. The lowest BCUT2D eigenvalue weighted by atomic mass is 10.5. The Bertz CT molecular complexity index is 96.3. The minimum absolute atomic E-state index is 0.0278. The highest BCUT2D eigenvalue weighted by Gasteiger charge is 2.19. The van der Waals surface area contributed by atoms with Gasteiger partial charge in [0.2, 0.25) is 0 Å². The molecule has 0 aromatic heterocycles. The van der Waals surface area contributed by atoms with Gasteiger partial charge in [-0.1, -0.05) is 0 Å². The van der Waals surface area contributed by atoms with E-state index < -0.39 is 6.29 Å². The second-order valence-corrected chi connectivity index (χ2v) is 3.45. The van der Waals surface area contributed by atoms with E-state index in [9.17, 15) is 0 Å². The molecule has 0 rings (SSSR count). The number of aliphatic hydroxyl groups is 1. The summed E-state index contributed by atoms with van der Waals surface area (Å²) in [6.45, 7) is 3.55. The molecule has 0 aromatic carbocycles. The topological polar surface area (TPSA) is 29.5 Å². The molecule has 2 unspecified atom stereocenters. The quantitative estimate of drug-likeness (QED) is 0.463. The van der Waals surface area contributed by atoms with Crippen molar-refractivity contribution in [3.05, 3.63) is 0 Å². The van der Waals surface area contributed by atoms with Gasteiger partial charge in [0.15, 0.2) is 12.5 Å². The standard InChI is InChI=1S/C7H18NO2/c1-6(8(3,4)5)10-7(2)9/h6-7,9H,1-5H3/q+1. The number of hydrogen-bond donors (Lipinski definition) is 1. The van der Waals surface area contributed by atoms with Crippen LogP contribution in [0.5, 0.6) is 0 Å². The molecule has 0 aromatic rings. The van der Waals surface area contributed by atoms with Gasteiger partial charge < -0.3 is 14.3 Å². The maximum Gasteiger partial charge on any atom is 0.192 e. The molecule has 0 saturated carbocycles. The Morgan fingerprint density at radius 3 is 1.70 bits per heavy atom. The lowest BCUT2D eigenvalue weighted by Gasteiger charge is -2.31. The number of quaternary nitrogens is 1. The molecule has 0 spiro atoms. The van der Waals surface area contributed by atoms with E-state index in [1.807, 2.05) is 28.1 Å². The largest absolute Gasteiger partial charge is 0.368 e. The normalized spacial score (nSPS) is 18.6. The first-order valence-electron chi connectivity index (χ1n) is 3.48. The monoisotopic (exact) mass is 148 g/mol. The molecule has 0 bridgehead atoms. The summed E-state index contributed by atoms with van der Waals surface area (Å²) >= 11 is 0. The molecule has 10 heavy (non-hydrogen) atoms. The average molecular weight is 148 g/mol. The minimum Gasteiger partial charge on any atom is -0.368 e. The summed E-state index contributed by atoms with van der Waals surface area (Å²) in [6.07, 6.45) is -0.646. The van der Waals surface area contributed by atoms with Crippen LogP contribution in [0.25, 0.3) is 0 Å². The summed E-state index contributed by atoms with van der Waals surface area (Å²) in [7, 11) is 6.06. The predicted octanol–water partition coefficient (Wildman–Crippen LogP) is 0.393. The van der Waals surface area contributed by atoms with Crippen molar-refractivity contribution < 1.29 is 14.3 Å². The first-order valence-corrected chi connectivity index (χ1v) is 3.48. The van der Waals surface area contributed by atoms with E-state index in [0.717, 1.165) is 0 Å². The van der Waals surface area contributed by atoms with Crippen LogP contribution in [0.1, 0.15) is 13.8 Å². The SMILES string of the molecule is CC(O)OC(C)[N+](C)(C)C. The number of aliphatic hydroxyl groups excluding tert-OH is 1. The molecule has 0 fully saturated rings. The molecule has 3 heteroatoms. The third-order valence-electron chi connectivity index (χ3n) is 1.48. The molecule has 0 aliphatic carbocycles. The van der Waals surface area contributed by atoms with Crippen LogP contribution in [0.2, 0.25) is 0 Å². The van der Waals surface area contributed by atoms with Gasteiger partial charge in [-0.25, -0.2) is 0 Å². The van der Waals surface area contributed by atoms with Crippen LogP contribution in [-0.4, -0.2) is 43.3 Å². The van der Waals surface area contributed by atoms with Crippen molar-refractivity contribution in [3.63, 3.8) is 0 Å². The van der Waals surface area contributed by atoms with Gasteiger partial charge in [-0.05, 0) is 6.92 Å². The fraction of sp³-hybridized carbons (Fsp3) is 1.00. The van der Waals surface area contributed by atoms with Crippen molar-refractivity contribution in [2.75, 3.05) is 21.1 Å². The van der Waals surface area contributed by atoms with Crippen LogP contribution >= 0.6 is 0 Å². The van der Waals surface area contributed by atoms with Crippen molar-refractivity contribution >= 4 is 0 Å². The summed E-state index contributed by atoms with van der Waals surface area (Å²) in [5.41, 5.74) is 0. The van der Waals surface area contributed by atoms with Gasteiger partial charge in [-0.3, -0.25) is 0 Å². The molecule has 0 aliphatic heterocycles. The summed E-state index contributed by atoms with van der Waals surface area (Å²) in [5.74, 6) is 0. The minimum atomic E-state index is -0.674. The van der Waals surface area contributed by atoms with Crippen LogP contribution in [0.3, 0.4) is 0 Å². The lowest BCUT2D eigenvalue weighted by Crippen LogP contribution is -2.46. The molecule has 0 radical (unpaired) electrons. The summed E-state index contributed by atoms with van der Waals surface area (Å²) in [4.78, 5) is 0. The number of rotatable bonds is 3. The van der Waals surface area contributed by atoms with Crippen LogP contribution in [-0.2, 0) is 4.74 Å². The van der Waals surface area contributed by atoms with E-state index in [1.54, 1.807) is 6.92 Å². The summed E-state index contributed by atoms with van der Waals surface area (Å²) in [6, 6.07) is 0. The van der Waals surface area contributed by atoms with Crippen LogP contribution in [0.15, 0.2) is 0 Å². The van der Waals surface area contributed by atoms with Gasteiger partial charge in [0, 0.05) is 6.92 Å². The van der Waals surface area contributed by atoms with Gasteiger partial charge in [0.1, 0.15) is 0 Å². The van der Waals surface area contributed by atoms with Gasteiger partial charge in [-0.2, -0.15) is 0 Å². The first kappa shape index (κ1) is 9.88. The Labute approximate surface area is 62.8 Å². The highest BCUT2D eigenvalue weighted by molar-refractivity contribution is 4.31. The van der Waals surface area contributed by atoms with E-state index in [-0.39, 0.29) is 6.23 Å². The Morgan fingerprint density at radius 2 is 1.60 bits per heavy atom. The molecule has 3 nitrogen and oxygen atoms in total. The van der Waals surface area contributed by atoms with E-state index in [0.29, 0.717) is 4.48 Å². The zero-order valence-electron chi connectivity index (χ0n) is 7.46. The maximum absolute atomic E-state index is 8.85.